The number of hydrogen-bond donors (Lipinski definition) is 2. The van der Waals surface area contributed by atoms with Gasteiger partial charge in [0.1, 0.15) is 0 Å². The standard InChI is InChI=1S/C18H23N3O2S/c1-12-5-6-15(14(3)9-12)19-18(23)20-17(22)11-21(4)10-16-13(2)7-8-24-16/h5-9H,10-11H2,1-4H3,(H2,19,20,22,23). The summed E-state index contributed by atoms with van der Waals surface area (Å²) in [6.45, 7) is 6.82. The van der Waals surface area contributed by atoms with E-state index in [0.29, 0.717) is 12.2 Å². The number of aryl methyl sites for hydroxylation is 3. The van der Waals surface area contributed by atoms with Crippen molar-refractivity contribution >= 4 is 29.0 Å². The highest BCUT2D eigenvalue weighted by Gasteiger charge is 2.13. The van der Waals surface area contributed by atoms with Crippen LogP contribution in [0.3, 0.4) is 0 Å². The lowest BCUT2D eigenvalue weighted by Crippen LogP contribution is -2.40. The number of anilines is 1. The Morgan fingerprint density at radius 3 is 2.50 bits per heavy atom. The summed E-state index contributed by atoms with van der Waals surface area (Å²) < 4.78 is 0. The third-order valence-corrected chi connectivity index (χ3v) is 4.69. The summed E-state index contributed by atoms with van der Waals surface area (Å²) in [7, 11) is 1.86. The number of urea groups is 1. The van der Waals surface area contributed by atoms with Crippen LogP contribution in [0.2, 0.25) is 0 Å². The third kappa shape index (κ3) is 5.18. The summed E-state index contributed by atoms with van der Waals surface area (Å²) in [5.41, 5.74) is 4.01. The van der Waals surface area contributed by atoms with E-state index in [1.807, 2.05) is 49.4 Å². The molecule has 0 unspecified atom stereocenters. The van der Waals surface area contributed by atoms with E-state index < -0.39 is 6.03 Å². The van der Waals surface area contributed by atoms with Crippen LogP contribution in [0.5, 0.6) is 0 Å². The van der Waals surface area contributed by atoms with E-state index >= 15 is 0 Å². The summed E-state index contributed by atoms with van der Waals surface area (Å²) in [6, 6.07) is 7.29. The Bertz CT molecular complexity index is 740. The Hall–Kier alpha value is -2.18. The first-order valence-corrected chi connectivity index (χ1v) is 8.62. The molecule has 0 saturated carbocycles. The molecule has 1 aromatic heterocycles. The van der Waals surface area contributed by atoms with Crippen molar-refractivity contribution in [3.8, 4) is 0 Å². The van der Waals surface area contributed by atoms with Crippen LogP contribution in [0.1, 0.15) is 21.6 Å². The SMILES string of the molecule is Cc1ccc(NC(=O)NC(=O)CN(C)Cc2sccc2C)c(C)c1. The number of thiophene rings is 1. The van der Waals surface area contributed by atoms with E-state index in [4.69, 9.17) is 0 Å². The first-order chi connectivity index (χ1) is 11.3. The van der Waals surface area contributed by atoms with Crippen LogP contribution < -0.4 is 10.6 Å². The fraction of sp³-hybridized carbons (Fsp3) is 0.333. The zero-order valence-corrected chi connectivity index (χ0v) is 15.3. The van der Waals surface area contributed by atoms with Crippen LogP contribution in [0.4, 0.5) is 10.5 Å². The maximum atomic E-state index is 12.0. The van der Waals surface area contributed by atoms with Gasteiger partial charge in [-0.2, -0.15) is 0 Å². The van der Waals surface area contributed by atoms with E-state index in [1.54, 1.807) is 11.3 Å². The number of nitrogens with one attached hydrogen (secondary N) is 2. The second-order valence-electron chi connectivity index (χ2n) is 6.02. The van der Waals surface area contributed by atoms with Crippen molar-refractivity contribution in [3.05, 3.63) is 51.2 Å². The fourth-order valence-corrected chi connectivity index (χ4v) is 3.37. The molecule has 0 spiro atoms. The topological polar surface area (TPSA) is 61.4 Å². The summed E-state index contributed by atoms with van der Waals surface area (Å²) >= 11 is 1.67. The summed E-state index contributed by atoms with van der Waals surface area (Å²) in [5.74, 6) is -0.325. The molecule has 24 heavy (non-hydrogen) atoms. The van der Waals surface area contributed by atoms with Gasteiger partial charge in [0.05, 0.1) is 6.54 Å². The molecule has 1 heterocycles. The second-order valence-corrected chi connectivity index (χ2v) is 7.02. The van der Waals surface area contributed by atoms with E-state index in [0.717, 1.165) is 11.1 Å². The molecule has 128 valence electrons. The minimum Gasteiger partial charge on any atom is -0.307 e. The minimum absolute atomic E-state index is 0.164. The van der Waals surface area contributed by atoms with Gasteiger partial charge in [-0.05, 0) is 56.5 Å². The summed E-state index contributed by atoms with van der Waals surface area (Å²) in [5, 5.41) is 7.11. The number of benzene rings is 1. The van der Waals surface area contributed by atoms with Gasteiger partial charge in [0, 0.05) is 17.1 Å². The van der Waals surface area contributed by atoms with Crippen molar-refractivity contribution in [1.29, 1.82) is 0 Å². The van der Waals surface area contributed by atoms with Crippen LogP contribution in [-0.2, 0) is 11.3 Å². The highest BCUT2D eigenvalue weighted by Crippen LogP contribution is 2.17. The molecular formula is C18H23N3O2S. The largest absolute Gasteiger partial charge is 0.325 e. The molecule has 0 saturated heterocycles. The average Bonchev–Trinajstić information content (AvgIpc) is 2.87. The van der Waals surface area contributed by atoms with Crippen molar-refractivity contribution in [2.45, 2.75) is 27.3 Å². The second kappa shape index (κ2) is 8.08. The molecule has 2 aromatic rings. The van der Waals surface area contributed by atoms with Crippen molar-refractivity contribution < 1.29 is 9.59 Å². The predicted molar refractivity (Wildman–Crippen MR) is 98.5 cm³/mol. The number of carbonyl (C=O) groups excluding carboxylic acids is 2. The third-order valence-electron chi connectivity index (χ3n) is 3.68. The molecule has 2 N–H and O–H groups in total. The van der Waals surface area contributed by atoms with Crippen LogP contribution in [0, 0.1) is 20.8 Å². The number of carbonyl (C=O) groups is 2. The Kier molecular flexibility index (Phi) is 6.11. The van der Waals surface area contributed by atoms with Gasteiger partial charge in [-0.15, -0.1) is 11.3 Å². The van der Waals surface area contributed by atoms with Crippen LogP contribution in [0.15, 0.2) is 29.6 Å². The van der Waals surface area contributed by atoms with Gasteiger partial charge in [0.25, 0.3) is 0 Å². The van der Waals surface area contributed by atoms with Gasteiger partial charge < -0.3 is 5.32 Å². The number of imide groups is 1. The van der Waals surface area contributed by atoms with E-state index in [9.17, 15) is 9.59 Å². The van der Waals surface area contributed by atoms with E-state index in [-0.39, 0.29) is 12.5 Å². The van der Waals surface area contributed by atoms with Crippen molar-refractivity contribution in [2.75, 3.05) is 18.9 Å². The van der Waals surface area contributed by atoms with Crippen LogP contribution in [0.25, 0.3) is 0 Å². The van der Waals surface area contributed by atoms with Gasteiger partial charge in [-0.1, -0.05) is 17.7 Å². The van der Waals surface area contributed by atoms with Gasteiger partial charge >= 0.3 is 6.03 Å². The summed E-state index contributed by atoms with van der Waals surface area (Å²) in [6.07, 6.45) is 0. The van der Waals surface area contributed by atoms with E-state index in [1.165, 1.54) is 10.4 Å². The molecule has 0 atom stereocenters. The molecule has 0 radical (unpaired) electrons. The maximum Gasteiger partial charge on any atom is 0.325 e. The monoisotopic (exact) mass is 345 g/mol. The lowest BCUT2D eigenvalue weighted by molar-refractivity contribution is -0.120. The molecule has 2 rings (SSSR count). The molecule has 0 bridgehead atoms. The van der Waals surface area contributed by atoms with Crippen molar-refractivity contribution in [2.24, 2.45) is 0 Å². The highest BCUT2D eigenvalue weighted by atomic mass is 32.1. The highest BCUT2D eigenvalue weighted by molar-refractivity contribution is 7.10. The van der Waals surface area contributed by atoms with Crippen LogP contribution >= 0.6 is 11.3 Å². The van der Waals surface area contributed by atoms with Gasteiger partial charge in [0.2, 0.25) is 5.91 Å². The Balaban J connectivity index is 1.83. The quantitative estimate of drug-likeness (QED) is 0.872. The Morgan fingerprint density at radius 1 is 1.12 bits per heavy atom. The Labute approximate surface area is 146 Å². The Morgan fingerprint density at radius 2 is 1.88 bits per heavy atom. The molecule has 1 aromatic carbocycles. The molecule has 5 nitrogen and oxygen atoms in total. The lowest BCUT2D eigenvalue weighted by Gasteiger charge is -2.16. The normalized spacial score (nSPS) is 10.7. The predicted octanol–water partition coefficient (Wildman–Crippen LogP) is 3.45. The minimum atomic E-state index is -0.507. The zero-order chi connectivity index (χ0) is 17.7. The summed E-state index contributed by atoms with van der Waals surface area (Å²) in [4.78, 5) is 27.1. The number of nitrogens with zero attached hydrogens (tertiary/aromatic N) is 1. The van der Waals surface area contributed by atoms with Crippen molar-refractivity contribution in [3.63, 3.8) is 0 Å². The molecule has 0 aliphatic heterocycles. The molecule has 0 aliphatic rings. The molecule has 6 heteroatoms. The molecule has 3 amide bonds. The first-order valence-electron chi connectivity index (χ1n) is 7.74. The smallest absolute Gasteiger partial charge is 0.307 e. The molecular weight excluding hydrogens is 322 g/mol. The average molecular weight is 345 g/mol. The van der Waals surface area contributed by atoms with Gasteiger partial charge in [-0.25, -0.2) is 4.79 Å². The van der Waals surface area contributed by atoms with Crippen LogP contribution in [-0.4, -0.2) is 30.4 Å². The maximum absolute atomic E-state index is 12.0. The zero-order valence-electron chi connectivity index (χ0n) is 14.5. The number of likely N-dealkylation sites (N-methyl/N-ethyl adjacent to an activating group) is 1. The number of amides is 3. The molecule has 0 aliphatic carbocycles. The lowest BCUT2D eigenvalue weighted by atomic mass is 10.1. The van der Waals surface area contributed by atoms with Gasteiger partial charge in [-0.3, -0.25) is 15.0 Å². The number of hydrogen-bond acceptors (Lipinski definition) is 4. The fourth-order valence-electron chi connectivity index (χ4n) is 2.39. The first kappa shape index (κ1) is 18.2. The van der Waals surface area contributed by atoms with Gasteiger partial charge in [0.15, 0.2) is 0 Å². The number of rotatable bonds is 5. The van der Waals surface area contributed by atoms with E-state index in [2.05, 4.69) is 23.6 Å². The molecule has 0 fully saturated rings. The van der Waals surface area contributed by atoms with Crippen molar-refractivity contribution in [1.82, 2.24) is 10.2 Å².